The molecule has 0 unspecified atom stereocenters. The van der Waals surface area contributed by atoms with Crippen molar-refractivity contribution >= 4 is 17.7 Å². The number of hydrogen-bond donors (Lipinski definition) is 0. The molecule has 1 aromatic rings. The van der Waals surface area contributed by atoms with Gasteiger partial charge in [0.05, 0.1) is 7.11 Å². The predicted octanol–water partition coefficient (Wildman–Crippen LogP) is 3.11. The maximum Gasteiger partial charge on any atom is 0.323 e. The smallest absolute Gasteiger partial charge is 0.323 e. The highest BCUT2D eigenvalue weighted by Crippen LogP contribution is 2.22. The molecule has 1 heterocycles. The number of carbonyl (C=O) groups is 1. The standard InChI is InChI=1S/C16H23NO2S/c1-13-6-8-14(9-7-13)20-12-11-17-10-4-3-5-15(17)16(18)19-2/h6-9,15H,3-5,10-12H2,1-2H3/t15-/m1/s1. The molecule has 0 saturated carbocycles. The minimum Gasteiger partial charge on any atom is -0.468 e. The summed E-state index contributed by atoms with van der Waals surface area (Å²) >= 11 is 1.85. The zero-order valence-electron chi connectivity index (χ0n) is 12.3. The summed E-state index contributed by atoms with van der Waals surface area (Å²) in [4.78, 5) is 15.3. The summed E-state index contributed by atoms with van der Waals surface area (Å²) in [5.41, 5.74) is 1.29. The van der Waals surface area contributed by atoms with Crippen LogP contribution in [0.15, 0.2) is 29.2 Å². The predicted molar refractivity (Wildman–Crippen MR) is 83.1 cm³/mol. The van der Waals surface area contributed by atoms with Crippen molar-refractivity contribution in [3.8, 4) is 0 Å². The van der Waals surface area contributed by atoms with E-state index in [0.717, 1.165) is 31.7 Å². The number of hydrogen-bond acceptors (Lipinski definition) is 4. The Bertz CT molecular complexity index is 433. The Morgan fingerprint density at radius 3 is 2.80 bits per heavy atom. The molecule has 1 atom stereocenters. The number of nitrogens with zero attached hydrogens (tertiary/aromatic N) is 1. The van der Waals surface area contributed by atoms with Crippen LogP contribution < -0.4 is 0 Å². The Hall–Kier alpha value is -1.00. The van der Waals surface area contributed by atoms with Gasteiger partial charge in [-0.25, -0.2) is 0 Å². The molecule has 3 nitrogen and oxygen atoms in total. The Morgan fingerprint density at radius 1 is 1.35 bits per heavy atom. The van der Waals surface area contributed by atoms with Crippen molar-refractivity contribution < 1.29 is 9.53 Å². The first kappa shape index (κ1) is 15.4. The van der Waals surface area contributed by atoms with E-state index in [1.807, 2.05) is 11.8 Å². The number of methoxy groups -OCH3 is 1. The second-order valence-corrected chi connectivity index (χ2v) is 6.40. The van der Waals surface area contributed by atoms with Gasteiger partial charge in [-0.1, -0.05) is 24.1 Å². The van der Waals surface area contributed by atoms with Crippen LogP contribution in [-0.2, 0) is 9.53 Å². The fourth-order valence-electron chi connectivity index (χ4n) is 2.58. The molecule has 1 fully saturated rings. The average Bonchev–Trinajstić information content (AvgIpc) is 2.49. The molecule has 1 saturated heterocycles. The number of likely N-dealkylation sites (tertiary alicyclic amines) is 1. The number of piperidine rings is 1. The fraction of sp³-hybridized carbons (Fsp3) is 0.562. The highest BCUT2D eigenvalue weighted by atomic mass is 32.2. The highest BCUT2D eigenvalue weighted by Gasteiger charge is 2.28. The minimum absolute atomic E-state index is 0.0348. The Morgan fingerprint density at radius 2 is 2.10 bits per heavy atom. The first-order valence-corrected chi connectivity index (χ1v) is 8.20. The van der Waals surface area contributed by atoms with Crippen molar-refractivity contribution in [3.63, 3.8) is 0 Å². The first-order valence-electron chi connectivity index (χ1n) is 7.22. The van der Waals surface area contributed by atoms with E-state index in [0.29, 0.717) is 0 Å². The largest absolute Gasteiger partial charge is 0.468 e. The van der Waals surface area contributed by atoms with Crippen LogP contribution in [0.4, 0.5) is 0 Å². The summed E-state index contributed by atoms with van der Waals surface area (Å²) in [5.74, 6) is 0.932. The molecule has 2 rings (SSSR count). The van der Waals surface area contributed by atoms with Gasteiger partial charge in [-0.15, -0.1) is 11.8 Å². The minimum atomic E-state index is -0.0787. The molecule has 110 valence electrons. The number of benzene rings is 1. The number of ether oxygens (including phenoxy) is 1. The number of esters is 1. The SMILES string of the molecule is COC(=O)[C@H]1CCCCN1CCSc1ccc(C)cc1. The van der Waals surface area contributed by atoms with Crippen LogP contribution >= 0.6 is 11.8 Å². The summed E-state index contributed by atoms with van der Waals surface area (Å²) < 4.78 is 4.91. The lowest BCUT2D eigenvalue weighted by molar-refractivity contribution is -0.148. The third-order valence-electron chi connectivity index (χ3n) is 3.76. The van der Waals surface area contributed by atoms with Crippen molar-refractivity contribution in [3.05, 3.63) is 29.8 Å². The molecular formula is C16H23NO2S. The molecule has 0 N–H and O–H groups in total. The van der Waals surface area contributed by atoms with Crippen molar-refractivity contribution in [1.29, 1.82) is 0 Å². The van der Waals surface area contributed by atoms with Gasteiger partial charge < -0.3 is 4.74 Å². The molecular weight excluding hydrogens is 270 g/mol. The average molecular weight is 293 g/mol. The van der Waals surface area contributed by atoms with Gasteiger partial charge in [0.15, 0.2) is 0 Å². The summed E-state index contributed by atoms with van der Waals surface area (Å²) in [6.07, 6.45) is 3.24. The molecule has 0 aromatic heterocycles. The molecule has 1 aliphatic rings. The van der Waals surface area contributed by atoms with Crippen molar-refractivity contribution in [2.24, 2.45) is 0 Å². The van der Waals surface area contributed by atoms with Crippen LogP contribution in [0.2, 0.25) is 0 Å². The van der Waals surface area contributed by atoms with Crippen LogP contribution in [-0.4, -0.2) is 42.9 Å². The molecule has 0 radical (unpaired) electrons. The van der Waals surface area contributed by atoms with Gasteiger partial charge in [0, 0.05) is 17.2 Å². The number of carbonyl (C=O) groups excluding carboxylic acids is 1. The lowest BCUT2D eigenvalue weighted by atomic mass is 10.0. The van der Waals surface area contributed by atoms with E-state index in [-0.39, 0.29) is 12.0 Å². The van der Waals surface area contributed by atoms with Gasteiger partial charge in [0.2, 0.25) is 0 Å². The summed E-state index contributed by atoms with van der Waals surface area (Å²) in [5, 5.41) is 0. The van der Waals surface area contributed by atoms with Gasteiger partial charge in [0.25, 0.3) is 0 Å². The monoisotopic (exact) mass is 293 g/mol. The Balaban J connectivity index is 1.82. The van der Waals surface area contributed by atoms with Crippen LogP contribution in [0.1, 0.15) is 24.8 Å². The molecule has 0 aliphatic carbocycles. The Kier molecular flexibility index (Phi) is 5.92. The van der Waals surface area contributed by atoms with E-state index in [1.165, 1.54) is 24.0 Å². The second-order valence-electron chi connectivity index (χ2n) is 5.23. The molecule has 0 spiro atoms. The zero-order valence-corrected chi connectivity index (χ0v) is 13.1. The van der Waals surface area contributed by atoms with Gasteiger partial charge in [-0.2, -0.15) is 0 Å². The number of thioether (sulfide) groups is 1. The van der Waals surface area contributed by atoms with E-state index in [2.05, 4.69) is 36.1 Å². The normalized spacial score (nSPS) is 19.8. The Labute approximate surface area is 125 Å². The quantitative estimate of drug-likeness (QED) is 0.616. The van der Waals surface area contributed by atoms with E-state index in [4.69, 9.17) is 4.74 Å². The van der Waals surface area contributed by atoms with Gasteiger partial charge in [-0.05, 0) is 38.4 Å². The fourth-order valence-corrected chi connectivity index (χ4v) is 3.47. The van der Waals surface area contributed by atoms with Gasteiger partial charge in [0.1, 0.15) is 6.04 Å². The lowest BCUT2D eigenvalue weighted by Crippen LogP contribution is -2.46. The third-order valence-corrected chi connectivity index (χ3v) is 4.75. The third kappa shape index (κ3) is 4.25. The van der Waals surface area contributed by atoms with Crippen molar-refractivity contribution in [2.45, 2.75) is 37.1 Å². The van der Waals surface area contributed by atoms with Crippen LogP contribution in [0, 0.1) is 6.92 Å². The van der Waals surface area contributed by atoms with Crippen LogP contribution in [0.25, 0.3) is 0 Å². The first-order chi connectivity index (χ1) is 9.70. The molecule has 4 heteroatoms. The van der Waals surface area contributed by atoms with Crippen molar-refractivity contribution in [2.75, 3.05) is 26.0 Å². The van der Waals surface area contributed by atoms with E-state index >= 15 is 0 Å². The highest BCUT2D eigenvalue weighted by molar-refractivity contribution is 7.99. The van der Waals surface area contributed by atoms with E-state index in [9.17, 15) is 4.79 Å². The van der Waals surface area contributed by atoms with Crippen LogP contribution in [0.3, 0.4) is 0 Å². The summed E-state index contributed by atoms with van der Waals surface area (Å²) in [6, 6.07) is 8.57. The molecule has 1 aromatic carbocycles. The van der Waals surface area contributed by atoms with Crippen molar-refractivity contribution in [1.82, 2.24) is 4.90 Å². The topological polar surface area (TPSA) is 29.5 Å². The zero-order chi connectivity index (χ0) is 14.4. The van der Waals surface area contributed by atoms with E-state index in [1.54, 1.807) is 0 Å². The molecule has 0 amide bonds. The van der Waals surface area contributed by atoms with E-state index < -0.39 is 0 Å². The summed E-state index contributed by atoms with van der Waals surface area (Å²) in [6.45, 7) is 4.05. The second kappa shape index (κ2) is 7.70. The van der Waals surface area contributed by atoms with Gasteiger partial charge in [-0.3, -0.25) is 9.69 Å². The maximum absolute atomic E-state index is 11.8. The maximum atomic E-state index is 11.8. The number of aryl methyl sites for hydroxylation is 1. The lowest BCUT2D eigenvalue weighted by Gasteiger charge is -2.33. The van der Waals surface area contributed by atoms with Crippen LogP contribution in [0.5, 0.6) is 0 Å². The van der Waals surface area contributed by atoms with Gasteiger partial charge >= 0.3 is 5.97 Å². The molecule has 1 aliphatic heterocycles. The molecule has 0 bridgehead atoms. The summed E-state index contributed by atoms with van der Waals surface area (Å²) in [7, 11) is 1.48. The molecule has 20 heavy (non-hydrogen) atoms. The number of rotatable bonds is 5.